The number of likely N-dealkylation sites (N-methyl/N-ethyl adjacent to an activating group) is 1. The average molecular weight is 293 g/mol. The van der Waals surface area contributed by atoms with Crippen molar-refractivity contribution in [2.24, 2.45) is 0 Å². The van der Waals surface area contributed by atoms with Gasteiger partial charge in [0.1, 0.15) is 0 Å². The SMILES string of the molecule is CN1CCc2ccccc2C1(O)C1(c2ccccc2)CCC1. The molecule has 0 amide bonds. The molecule has 0 bridgehead atoms. The molecule has 0 spiro atoms. The highest BCUT2D eigenvalue weighted by Crippen LogP contribution is 2.57. The van der Waals surface area contributed by atoms with Crippen LogP contribution in [0.1, 0.15) is 36.0 Å². The molecule has 0 radical (unpaired) electrons. The quantitative estimate of drug-likeness (QED) is 0.917. The first kappa shape index (κ1) is 14.0. The van der Waals surface area contributed by atoms with Gasteiger partial charge in [-0.05, 0) is 37.4 Å². The van der Waals surface area contributed by atoms with E-state index in [9.17, 15) is 5.11 Å². The van der Waals surface area contributed by atoms with Gasteiger partial charge in [0.25, 0.3) is 0 Å². The summed E-state index contributed by atoms with van der Waals surface area (Å²) in [6.45, 7) is 0.905. The van der Waals surface area contributed by atoms with Crippen molar-refractivity contribution < 1.29 is 5.11 Å². The fourth-order valence-corrected chi connectivity index (χ4v) is 4.48. The maximum atomic E-state index is 11.9. The van der Waals surface area contributed by atoms with Gasteiger partial charge in [-0.1, -0.05) is 61.0 Å². The van der Waals surface area contributed by atoms with E-state index in [1.807, 2.05) is 0 Å². The van der Waals surface area contributed by atoms with Crippen LogP contribution in [0, 0.1) is 0 Å². The Morgan fingerprint density at radius 2 is 1.64 bits per heavy atom. The van der Waals surface area contributed by atoms with Crippen LogP contribution in [0.15, 0.2) is 54.6 Å². The summed E-state index contributed by atoms with van der Waals surface area (Å²) in [5, 5.41) is 11.9. The second kappa shape index (κ2) is 4.94. The zero-order valence-electron chi connectivity index (χ0n) is 13.1. The Balaban J connectivity index is 1.93. The minimum atomic E-state index is -0.901. The maximum absolute atomic E-state index is 11.9. The third-order valence-electron chi connectivity index (χ3n) is 5.86. The molecule has 1 atom stereocenters. The summed E-state index contributed by atoms with van der Waals surface area (Å²) in [7, 11) is 2.07. The molecule has 2 aliphatic rings. The van der Waals surface area contributed by atoms with E-state index in [1.165, 1.54) is 17.5 Å². The molecule has 1 fully saturated rings. The monoisotopic (exact) mass is 293 g/mol. The Hall–Kier alpha value is -1.64. The van der Waals surface area contributed by atoms with Gasteiger partial charge < -0.3 is 5.11 Å². The summed E-state index contributed by atoms with van der Waals surface area (Å²) in [4.78, 5) is 2.17. The molecule has 1 unspecified atom stereocenters. The van der Waals surface area contributed by atoms with Gasteiger partial charge in [0.2, 0.25) is 0 Å². The smallest absolute Gasteiger partial charge is 0.154 e. The standard InChI is InChI=1S/C20H23NO/c1-21-15-12-16-8-5-6-11-18(16)20(21,22)19(13-7-14-19)17-9-3-2-4-10-17/h2-6,8-11,22H,7,12-15H2,1H3. The third kappa shape index (κ3) is 1.68. The van der Waals surface area contributed by atoms with Crippen LogP contribution in [0.25, 0.3) is 0 Å². The molecule has 2 nitrogen and oxygen atoms in total. The van der Waals surface area contributed by atoms with Crippen LogP contribution >= 0.6 is 0 Å². The lowest BCUT2D eigenvalue weighted by Crippen LogP contribution is -2.64. The lowest BCUT2D eigenvalue weighted by molar-refractivity contribution is -0.192. The molecule has 1 saturated carbocycles. The second-order valence-electron chi connectivity index (χ2n) is 6.80. The molecule has 0 saturated heterocycles. The van der Waals surface area contributed by atoms with Crippen molar-refractivity contribution in [3.05, 3.63) is 71.3 Å². The van der Waals surface area contributed by atoms with Crippen LogP contribution in [0.2, 0.25) is 0 Å². The highest BCUT2D eigenvalue weighted by molar-refractivity contribution is 5.43. The van der Waals surface area contributed by atoms with Crippen molar-refractivity contribution in [1.29, 1.82) is 0 Å². The van der Waals surface area contributed by atoms with Crippen LogP contribution < -0.4 is 0 Å². The summed E-state index contributed by atoms with van der Waals surface area (Å²) in [6, 6.07) is 19.0. The number of fused-ring (bicyclic) bond motifs is 1. The molecule has 1 aliphatic carbocycles. The van der Waals surface area contributed by atoms with E-state index in [4.69, 9.17) is 0 Å². The molecule has 2 aromatic carbocycles. The molecule has 4 rings (SSSR count). The molecular formula is C20H23NO. The molecule has 114 valence electrons. The predicted molar refractivity (Wildman–Crippen MR) is 88.6 cm³/mol. The minimum absolute atomic E-state index is 0.181. The predicted octanol–water partition coefficient (Wildman–Crippen LogP) is 3.44. The molecule has 22 heavy (non-hydrogen) atoms. The van der Waals surface area contributed by atoms with Crippen LogP contribution in [0.5, 0.6) is 0 Å². The first-order chi connectivity index (χ1) is 10.7. The Morgan fingerprint density at radius 3 is 2.32 bits per heavy atom. The third-order valence-corrected chi connectivity index (χ3v) is 5.86. The highest BCUT2D eigenvalue weighted by Gasteiger charge is 2.59. The van der Waals surface area contributed by atoms with Gasteiger partial charge in [-0.2, -0.15) is 0 Å². The number of rotatable bonds is 2. The first-order valence-electron chi connectivity index (χ1n) is 8.26. The van der Waals surface area contributed by atoms with Gasteiger partial charge >= 0.3 is 0 Å². The van der Waals surface area contributed by atoms with E-state index in [0.717, 1.165) is 31.4 Å². The van der Waals surface area contributed by atoms with Gasteiger partial charge in [-0.25, -0.2) is 0 Å². The normalized spacial score (nSPS) is 27.0. The van der Waals surface area contributed by atoms with Crippen LogP contribution in [-0.4, -0.2) is 23.6 Å². The van der Waals surface area contributed by atoms with Crippen LogP contribution in [0.4, 0.5) is 0 Å². The minimum Gasteiger partial charge on any atom is -0.370 e. The summed E-state index contributed by atoms with van der Waals surface area (Å²) >= 11 is 0. The molecule has 1 N–H and O–H groups in total. The van der Waals surface area contributed by atoms with Crippen molar-refractivity contribution in [2.75, 3.05) is 13.6 Å². The summed E-state index contributed by atoms with van der Waals surface area (Å²) in [6.07, 6.45) is 4.30. The fourth-order valence-electron chi connectivity index (χ4n) is 4.48. The Labute approximate surface area is 132 Å². The Kier molecular flexibility index (Phi) is 3.14. The molecular weight excluding hydrogens is 270 g/mol. The Bertz CT molecular complexity index is 677. The van der Waals surface area contributed by atoms with Gasteiger partial charge in [-0.15, -0.1) is 0 Å². The maximum Gasteiger partial charge on any atom is 0.154 e. The number of aliphatic hydroxyl groups is 1. The molecule has 1 aliphatic heterocycles. The van der Waals surface area contributed by atoms with Gasteiger partial charge in [-0.3, -0.25) is 4.90 Å². The zero-order chi connectivity index (χ0) is 15.2. The van der Waals surface area contributed by atoms with E-state index >= 15 is 0 Å². The fraction of sp³-hybridized carbons (Fsp3) is 0.400. The summed E-state index contributed by atoms with van der Waals surface area (Å²) in [5.74, 6) is 0. The summed E-state index contributed by atoms with van der Waals surface area (Å²) < 4.78 is 0. The number of nitrogens with zero attached hydrogens (tertiary/aromatic N) is 1. The first-order valence-corrected chi connectivity index (χ1v) is 8.26. The van der Waals surface area contributed by atoms with E-state index in [-0.39, 0.29) is 5.41 Å². The largest absolute Gasteiger partial charge is 0.370 e. The summed E-state index contributed by atoms with van der Waals surface area (Å²) in [5.41, 5.74) is 2.59. The second-order valence-corrected chi connectivity index (χ2v) is 6.80. The van der Waals surface area contributed by atoms with Crippen LogP contribution in [-0.2, 0) is 17.6 Å². The van der Waals surface area contributed by atoms with E-state index in [2.05, 4.69) is 66.5 Å². The van der Waals surface area contributed by atoms with E-state index in [1.54, 1.807) is 0 Å². The van der Waals surface area contributed by atoms with Crippen molar-refractivity contribution in [3.8, 4) is 0 Å². The van der Waals surface area contributed by atoms with Gasteiger partial charge in [0.15, 0.2) is 5.72 Å². The van der Waals surface area contributed by atoms with E-state index in [0.29, 0.717) is 0 Å². The number of benzene rings is 2. The lowest BCUT2D eigenvalue weighted by Gasteiger charge is -2.59. The molecule has 2 aromatic rings. The molecule has 2 heteroatoms. The lowest BCUT2D eigenvalue weighted by atomic mass is 9.55. The Morgan fingerprint density at radius 1 is 0.955 bits per heavy atom. The van der Waals surface area contributed by atoms with Crippen LogP contribution in [0.3, 0.4) is 0 Å². The highest BCUT2D eigenvalue weighted by atomic mass is 16.3. The van der Waals surface area contributed by atoms with Crippen molar-refractivity contribution in [3.63, 3.8) is 0 Å². The van der Waals surface area contributed by atoms with E-state index < -0.39 is 5.72 Å². The topological polar surface area (TPSA) is 23.5 Å². The molecule has 0 aromatic heterocycles. The van der Waals surface area contributed by atoms with Gasteiger partial charge in [0, 0.05) is 17.5 Å². The zero-order valence-corrected chi connectivity index (χ0v) is 13.1. The molecule has 1 heterocycles. The van der Waals surface area contributed by atoms with Crippen molar-refractivity contribution >= 4 is 0 Å². The average Bonchev–Trinajstić information content (AvgIpc) is 2.51. The number of hydrogen-bond donors (Lipinski definition) is 1. The van der Waals surface area contributed by atoms with Crippen molar-refractivity contribution in [1.82, 2.24) is 4.90 Å². The number of hydrogen-bond acceptors (Lipinski definition) is 2. The van der Waals surface area contributed by atoms with Gasteiger partial charge in [0.05, 0.1) is 0 Å². The van der Waals surface area contributed by atoms with Crippen molar-refractivity contribution in [2.45, 2.75) is 36.8 Å².